The van der Waals surface area contributed by atoms with E-state index in [4.69, 9.17) is 5.11 Å². The number of ether oxygens (including phenoxy) is 1. The molecule has 3 N–H and O–H groups in total. The highest BCUT2D eigenvalue weighted by Gasteiger charge is 2.15. The molecule has 0 saturated carbocycles. The zero-order chi connectivity index (χ0) is 14.6. The molecule has 1 amide bonds. The van der Waals surface area contributed by atoms with Gasteiger partial charge < -0.3 is 9.84 Å². The molecule has 0 unspecified atom stereocenters. The van der Waals surface area contributed by atoms with Crippen LogP contribution >= 0.6 is 0 Å². The summed E-state index contributed by atoms with van der Waals surface area (Å²) in [6.45, 7) is 1.52. The van der Waals surface area contributed by atoms with Crippen molar-refractivity contribution >= 4 is 28.0 Å². The number of benzene rings is 1. The Morgan fingerprint density at radius 2 is 1.95 bits per heavy atom. The topological polar surface area (TPSA) is 122 Å². The summed E-state index contributed by atoms with van der Waals surface area (Å²) in [4.78, 5) is 21.6. The van der Waals surface area contributed by atoms with Crippen LogP contribution in [0, 0.1) is 6.92 Å². The summed E-state index contributed by atoms with van der Waals surface area (Å²) in [5.74, 6) is -1.11. The number of rotatable bonds is 4. The SMILES string of the molecule is COC(=O)NS(=O)(=O)Nc1ccc(C(=O)O)c(C)c1. The first-order chi connectivity index (χ1) is 8.75. The highest BCUT2D eigenvalue weighted by Crippen LogP contribution is 2.16. The van der Waals surface area contributed by atoms with Crippen molar-refractivity contribution in [1.82, 2.24) is 4.72 Å². The van der Waals surface area contributed by atoms with E-state index in [-0.39, 0.29) is 11.3 Å². The summed E-state index contributed by atoms with van der Waals surface area (Å²) in [6.07, 6.45) is -1.13. The summed E-state index contributed by atoms with van der Waals surface area (Å²) in [5, 5.41) is 8.83. The van der Waals surface area contributed by atoms with Crippen LogP contribution in [0.4, 0.5) is 10.5 Å². The normalized spacial score (nSPS) is 10.6. The Balaban J connectivity index is 2.92. The minimum Gasteiger partial charge on any atom is -0.478 e. The van der Waals surface area contributed by atoms with Crippen molar-refractivity contribution in [3.63, 3.8) is 0 Å². The molecule has 0 aliphatic carbocycles. The first-order valence-corrected chi connectivity index (χ1v) is 6.46. The van der Waals surface area contributed by atoms with E-state index in [1.165, 1.54) is 25.1 Å². The fourth-order valence-electron chi connectivity index (χ4n) is 1.30. The van der Waals surface area contributed by atoms with Gasteiger partial charge in [-0.1, -0.05) is 0 Å². The standard InChI is InChI=1S/C10H12N2O6S/c1-6-5-7(3-4-8(6)9(13)14)11-19(16,17)12-10(15)18-2/h3-5,11H,1-2H3,(H,12,15)(H,13,14). The van der Waals surface area contributed by atoms with Gasteiger partial charge in [-0.05, 0) is 30.7 Å². The first kappa shape index (κ1) is 14.8. The van der Waals surface area contributed by atoms with Crippen molar-refractivity contribution in [1.29, 1.82) is 0 Å². The van der Waals surface area contributed by atoms with Crippen molar-refractivity contribution < 1.29 is 27.9 Å². The van der Waals surface area contributed by atoms with Gasteiger partial charge in [0.1, 0.15) is 0 Å². The largest absolute Gasteiger partial charge is 0.478 e. The number of hydrogen-bond donors (Lipinski definition) is 3. The molecule has 19 heavy (non-hydrogen) atoms. The Labute approximate surface area is 109 Å². The molecule has 104 valence electrons. The van der Waals surface area contributed by atoms with Crippen LogP contribution in [-0.2, 0) is 14.9 Å². The fraction of sp³-hybridized carbons (Fsp3) is 0.200. The zero-order valence-electron chi connectivity index (χ0n) is 10.1. The van der Waals surface area contributed by atoms with Crippen LogP contribution in [0.25, 0.3) is 0 Å². The molecule has 1 aromatic carbocycles. The van der Waals surface area contributed by atoms with Gasteiger partial charge in [-0.3, -0.25) is 4.72 Å². The molecule has 0 bridgehead atoms. The zero-order valence-corrected chi connectivity index (χ0v) is 10.9. The Morgan fingerprint density at radius 3 is 2.42 bits per heavy atom. The van der Waals surface area contributed by atoms with Gasteiger partial charge in [0, 0.05) is 0 Å². The lowest BCUT2D eigenvalue weighted by Gasteiger charge is -2.09. The number of aryl methyl sites for hydroxylation is 1. The maximum absolute atomic E-state index is 11.5. The molecule has 1 aromatic rings. The Morgan fingerprint density at radius 1 is 1.32 bits per heavy atom. The van der Waals surface area contributed by atoms with Crippen LogP contribution in [0.2, 0.25) is 0 Å². The number of methoxy groups -OCH3 is 1. The van der Waals surface area contributed by atoms with Gasteiger partial charge in [-0.15, -0.1) is 0 Å². The van der Waals surface area contributed by atoms with Crippen molar-refractivity contribution in [2.45, 2.75) is 6.92 Å². The average molecular weight is 288 g/mol. The molecule has 0 spiro atoms. The molecule has 0 aliphatic heterocycles. The number of carbonyl (C=O) groups excluding carboxylic acids is 1. The number of carboxylic acids is 1. The summed E-state index contributed by atoms with van der Waals surface area (Å²) < 4.78 is 30.7. The Kier molecular flexibility index (Phi) is 4.33. The summed E-state index contributed by atoms with van der Waals surface area (Å²) >= 11 is 0. The van der Waals surface area contributed by atoms with Gasteiger partial charge in [0.05, 0.1) is 18.4 Å². The van der Waals surface area contributed by atoms with E-state index in [1.54, 1.807) is 4.72 Å². The molecule has 9 heteroatoms. The Hall–Kier alpha value is -2.29. The van der Waals surface area contributed by atoms with Crippen molar-refractivity contribution in [2.24, 2.45) is 0 Å². The number of hydrogen-bond acceptors (Lipinski definition) is 5. The van der Waals surface area contributed by atoms with Gasteiger partial charge in [0.25, 0.3) is 0 Å². The first-order valence-electron chi connectivity index (χ1n) is 4.97. The van der Waals surface area contributed by atoms with Crippen LogP contribution in [-0.4, -0.2) is 32.7 Å². The molecule has 0 radical (unpaired) electrons. The van der Waals surface area contributed by atoms with E-state index in [9.17, 15) is 18.0 Å². The van der Waals surface area contributed by atoms with E-state index < -0.39 is 22.3 Å². The third kappa shape index (κ3) is 4.14. The maximum atomic E-state index is 11.5. The monoisotopic (exact) mass is 288 g/mol. The van der Waals surface area contributed by atoms with Gasteiger partial charge in [-0.2, -0.15) is 8.42 Å². The van der Waals surface area contributed by atoms with Gasteiger partial charge in [-0.25, -0.2) is 14.3 Å². The van der Waals surface area contributed by atoms with Crippen LogP contribution in [0.3, 0.4) is 0 Å². The number of amides is 1. The number of carboxylic acid groups (broad SMARTS) is 1. The van der Waals surface area contributed by atoms with Gasteiger partial charge in [0.2, 0.25) is 0 Å². The van der Waals surface area contributed by atoms with E-state index in [1.807, 2.05) is 0 Å². The quantitative estimate of drug-likeness (QED) is 0.750. The van der Waals surface area contributed by atoms with E-state index in [2.05, 4.69) is 9.46 Å². The second-order valence-electron chi connectivity index (χ2n) is 3.53. The molecule has 0 saturated heterocycles. The lowest BCUT2D eigenvalue weighted by molar-refractivity contribution is 0.0696. The van der Waals surface area contributed by atoms with Crippen molar-refractivity contribution in [3.05, 3.63) is 29.3 Å². The second kappa shape index (κ2) is 5.57. The fourth-order valence-corrected chi connectivity index (χ4v) is 2.09. The Bertz CT molecular complexity index is 610. The summed E-state index contributed by atoms with van der Waals surface area (Å²) in [6, 6.07) is 3.86. The van der Waals surface area contributed by atoms with Crippen LogP contribution < -0.4 is 9.44 Å². The predicted octanol–water partition coefficient (Wildman–Crippen LogP) is 0.706. The van der Waals surface area contributed by atoms with E-state index in [0.29, 0.717) is 5.56 Å². The molecule has 1 rings (SSSR count). The van der Waals surface area contributed by atoms with Crippen molar-refractivity contribution in [3.8, 4) is 0 Å². The van der Waals surface area contributed by atoms with Crippen molar-refractivity contribution in [2.75, 3.05) is 11.8 Å². The average Bonchev–Trinajstić information content (AvgIpc) is 2.26. The number of anilines is 1. The lowest BCUT2D eigenvalue weighted by Crippen LogP contribution is -2.35. The molecule has 0 atom stereocenters. The summed E-state index contributed by atoms with van der Waals surface area (Å²) in [5.41, 5.74) is 0.563. The van der Waals surface area contributed by atoms with Crippen LogP contribution in [0.15, 0.2) is 18.2 Å². The summed E-state index contributed by atoms with van der Waals surface area (Å²) in [7, 11) is -3.09. The highest BCUT2D eigenvalue weighted by molar-refractivity contribution is 7.91. The maximum Gasteiger partial charge on any atom is 0.422 e. The van der Waals surface area contributed by atoms with Crippen LogP contribution in [0.5, 0.6) is 0 Å². The van der Waals surface area contributed by atoms with E-state index >= 15 is 0 Å². The molecular weight excluding hydrogens is 276 g/mol. The third-order valence-corrected chi connectivity index (χ3v) is 3.05. The minimum atomic E-state index is -4.12. The molecule has 0 heterocycles. The van der Waals surface area contributed by atoms with Gasteiger partial charge in [0.15, 0.2) is 0 Å². The molecule has 8 nitrogen and oxygen atoms in total. The van der Waals surface area contributed by atoms with E-state index in [0.717, 1.165) is 7.11 Å². The molecule has 0 fully saturated rings. The number of nitrogens with one attached hydrogen (secondary N) is 2. The minimum absolute atomic E-state index is 0.0591. The molecular formula is C10H12N2O6S. The predicted molar refractivity (Wildman–Crippen MR) is 66.2 cm³/mol. The second-order valence-corrected chi connectivity index (χ2v) is 4.95. The third-order valence-electron chi connectivity index (χ3n) is 2.11. The van der Waals surface area contributed by atoms with Crippen LogP contribution in [0.1, 0.15) is 15.9 Å². The molecule has 0 aliphatic rings. The highest BCUT2D eigenvalue weighted by atomic mass is 32.2. The van der Waals surface area contributed by atoms with Gasteiger partial charge >= 0.3 is 22.3 Å². The number of carbonyl (C=O) groups is 2. The molecule has 0 aromatic heterocycles. The number of aromatic carboxylic acids is 1. The lowest BCUT2D eigenvalue weighted by atomic mass is 10.1. The smallest absolute Gasteiger partial charge is 0.422 e.